The molecule has 0 spiro atoms. The van der Waals surface area contributed by atoms with Crippen molar-refractivity contribution in [2.24, 2.45) is 14.1 Å². The highest BCUT2D eigenvalue weighted by Crippen LogP contribution is 2.18. The van der Waals surface area contributed by atoms with Crippen LogP contribution in [0.1, 0.15) is 70.6 Å². The van der Waals surface area contributed by atoms with E-state index < -0.39 is 0 Å². The van der Waals surface area contributed by atoms with E-state index in [4.69, 9.17) is 4.74 Å². The molecule has 0 bridgehead atoms. The maximum Gasteiger partial charge on any atom is 0.332 e. The largest absolute Gasteiger partial charge is 0.373 e. The van der Waals surface area contributed by atoms with Gasteiger partial charge < -0.3 is 9.30 Å². The van der Waals surface area contributed by atoms with Gasteiger partial charge in [-0.15, -0.1) is 0 Å². The topological polar surface area (TPSA) is 74.3 Å². The van der Waals surface area contributed by atoms with Gasteiger partial charge in [0.1, 0.15) is 0 Å². The zero-order chi connectivity index (χ0) is 19.9. The van der Waals surface area contributed by atoms with Crippen molar-refractivity contribution in [2.75, 3.05) is 6.61 Å². The Balaban J connectivity index is 1.30. The molecule has 1 fully saturated rings. The Morgan fingerprint density at radius 1 is 0.964 bits per heavy atom. The highest BCUT2D eigenvalue weighted by molar-refractivity contribution is 5.69. The first-order valence-electron chi connectivity index (χ1n) is 10.8. The second-order valence-corrected chi connectivity index (χ2v) is 8.11. The highest BCUT2D eigenvalue weighted by Gasteiger charge is 2.20. The average molecular weight is 391 g/mol. The summed E-state index contributed by atoms with van der Waals surface area (Å²) in [5.74, 6) is 0. The molecule has 2 aromatic heterocycles. The van der Waals surface area contributed by atoms with Gasteiger partial charge in [0.25, 0.3) is 5.56 Å². The van der Waals surface area contributed by atoms with Crippen molar-refractivity contribution in [3.63, 3.8) is 0 Å². The van der Waals surface area contributed by atoms with E-state index >= 15 is 0 Å². The zero-order valence-electron chi connectivity index (χ0n) is 17.4. The maximum atomic E-state index is 12.6. The third-order valence-electron chi connectivity index (χ3n) is 5.76. The van der Waals surface area contributed by atoms with Crippen molar-refractivity contribution in [3.8, 4) is 0 Å². The molecular formula is C21H34N4O3. The van der Waals surface area contributed by atoms with E-state index in [1.165, 1.54) is 66.9 Å². The predicted octanol–water partition coefficient (Wildman–Crippen LogP) is 3.12. The van der Waals surface area contributed by atoms with E-state index in [-0.39, 0.29) is 11.2 Å². The Hall–Kier alpha value is -1.89. The molecule has 3 heterocycles. The second kappa shape index (κ2) is 10.0. The molecule has 3 rings (SSSR count). The molecule has 1 atom stereocenters. The molecule has 7 heteroatoms. The normalized spacial score (nSPS) is 16.1. The van der Waals surface area contributed by atoms with Gasteiger partial charge in [-0.3, -0.25) is 13.9 Å². The zero-order valence-corrected chi connectivity index (χ0v) is 17.4. The summed E-state index contributed by atoms with van der Waals surface area (Å²) in [6, 6.07) is 0. The summed E-state index contributed by atoms with van der Waals surface area (Å²) in [5, 5.41) is 0. The number of rotatable bonds is 13. The van der Waals surface area contributed by atoms with Crippen molar-refractivity contribution in [1.82, 2.24) is 18.7 Å². The van der Waals surface area contributed by atoms with Gasteiger partial charge in [0, 0.05) is 20.6 Å². The monoisotopic (exact) mass is 390 g/mol. The van der Waals surface area contributed by atoms with Gasteiger partial charge in [-0.05, 0) is 12.8 Å². The summed E-state index contributed by atoms with van der Waals surface area (Å²) in [6.07, 6.45) is 15.7. The van der Waals surface area contributed by atoms with Crippen molar-refractivity contribution in [2.45, 2.75) is 83.3 Å². The van der Waals surface area contributed by atoms with E-state index in [0.717, 1.165) is 19.4 Å². The van der Waals surface area contributed by atoms with Gasteiger partial charge >= 0.3 is 5.69 Å². The molecule has 28 heavy (non-hydrogen) atoms. The number of hydrogen-bond donors (Lipinski definition) is 0. The first-order chi connectivity index (χ1) is 13.6. The lowest BCUT2D eigenvalue weighted by Gasteiger charge is -2.08. The van der Waals surface area contributed by atoms with Crippen molar-refractivity contribution in [1.29, 1.82) is 0 Å². The number of nitrogens with zero attached hydrogens (tertiary/aromatic N) is 4. The number of unbranched alkanes of at least 4 members (excludes halogenated alkanes) is 9. The third-order valence-corrected chi connectivity index (χ3v) is 5.76. The Labute approximate surface area is 166 Å². The van der Waals surface area contributed by atoms with Gasteiger partial charge in [0.2, 0.25) is 0 Å². The summed E-state index contributed by atoms with van der Waals surface area (Å²) >= 11 is 0. The maximum absolute atomic E-state index is 12.6. The Bertz CT molecular complexity index is 876. The molecule has 1 saturated heterocycles. The van der Waals surface area contributed by atoms with Crippen LogP contribution in [0, 0.1) is 0 Å². The smallest absolute Gasteiger partial charge is 0.332 e. The lowest BCUT2D eigenvalue weighted by Crippen LogP contribution is -2.39. The molecule has 2 aromatic rings. The van der Waals surface area contributed by atoms with Crippen LogP contribution in [-0.2, 0) is 25.4 Å². The van der Waals surface area contributed by atoms with Crippen LogP contribution in [0.5, 0.6) is 0 Å². The first kappa shape index (κ1) is 20.8. The standard InChI is InChI=1S/C21H34N4O3/c1-23-16-22-19-18(23)20(26)25(21(27)24(19)2)14-12-10-8-6-4-3-5-7-9-11-13-17-15-28-17/h16-17H,3-15H2,1-2H3. The minimum absolute atomic E-state index is 0.230. The molecule has 0 amide bonds. The molecule has 0 saturated carbocycles. The van der Waals surface area contributed by atoms with Crippen LogP contribution in [0.15, 0.2) is 15.9 Å². The van der Waals surface area contributed by atoms with Gasteiger partial charge in [0.15, 0.2) is 11.2 Å². The average Bonchev–Trinajstić information content (AvgIpc) is 3.43. The van der Waals surface area contributed by atoms with Crippen LogP contribution >= 0.6 is 0 Å². The SMILES string of the molecule is Cn1cnc2c1c(=O)n(CCCCCCCCCCCCC1CO1)c(=O)n2C. The fourth-order valence-electron chi connectivity index (χ4n) is 3.88. The van der Waals surface area contributed by atoms with Crippen LogP contribution in [0.4, 0.5) is 0 Å². The molecule has 1 unspecified atom stereocenters. The second-order valence-electron chi connectivity index (χ2n) is 8.11. The lowest BCUT2D eigenvalue weighted by molar-refractivity contribution is 0.387. The van der Waals surface area contributed by atoms with Crippen molar-refractivity contribution in [3.05, 3.63) is 27.2 Å². The Kier molecular flexibility index (Phi) is 7.48. The molecule has 156 valence electrons. The fourth-order valence-corrected chi connectivity index (χ4v) is 3.88. The number of imidazole rings is 1. The summed E-state index contributed by atoms with van der Waals surface area (Å²) < 4.78 is 9.74. The van der Waals surface area contributed by atoms with E-state index in [1.54, 1.807) is 25.0 Å². The minimum Gasteiger partial charge on any atom is -0.373 e. The molecule has 0 N–H and O–H groups in total. The molecule has 1 aliphatic rings. The van der Waals surface area contributed by atoms with Gasteiger partial charge in [-0.25, -0.2) is 9.78 Å². The molecule has 1 aliphatic heterocycles. The highest BCUT2D eigenvalue weighted by atomic mass is 16.6. The summed E-state index contributed by atoms with van der Waals surface area (Å²) in [5.41, 5.74) is 0.442. The molecule has 0 radical (unpaired) electrons. The van der Waals surface area contributed by atoms with Crippen LogP contribution in [0.25, 0.3) is 11.2 Å². The summed E-state index contributed by atoms with van der Waals surface area (Å²) in [4.78, 5) is 29.2. The predicted molar refractivity (Wildman–Crippen MR) is 111 cm³/mol. The first-order valence-corrected chi connectivity index (χ1v) is 10.8. The molecule has 0 aromatic carbocycles. The van der Waals surface area contributed by atoms with E-state index in [1.807, 2.05) is 0 Å². The number of aryl methyl sites for hydroxylation is 2. The summed E-state index contributed by atoms with van der Waals surface area (Å²) in [7, 11) is 3.46. The van der Waals surface area contributed by atoms with Gasteiger partial charge in [-0.2, -0.15) is 0 Å². The molecular weight excluding hydrogens is 356 g/mol. The third kappa shape index (κ3) is 5.34. The number of hydrogen-bond acceptors (Lipinski definition) is 4. The van der Waals surface area contributed by atoms with Crippen LogP contribution in [0.2, 0.25) is 0 Å². The van der Waals surface area contributed by atoms with E-state index in [9.17, 15) is 9.59 Å². The van der Waals surface area contributed by atoms with E-state index in [0.29, 0.717) is 23.8 Å². The van der Waals surface area contributed by atoms with Crippen LogP contribution in [0.3, 0.4) is 0 Å². The summed E-state index contributed by atoms with van der Waals surface area (Å²) in [6.45, 7) is 1.47. The van der Waals surface area contributed by atoms with Gasteiger partial charge in [0.05, 0.1) is 19.0 Å². The number of epoxide rings is 1. The number of aromatic nitrogens is 4. The number of ether oxygens (including phenoxy) is 1. The quantitative estimate of drug-likeness (QED) is 0.389. The molecule has 7 nitrogen and oxygen atoms in total. The van der Waals surface area contributed by atoms with Crippen LogP contribution in [-0.4, -0.2) is 31.4 Å². The lowest BCUT2D eigenvalue weighted by atomic mass is 10.1. The van der Waals surface area contributed by atoms with Crippen molar-refractivity contribution >= 4 is 11.2 Å². The molecule has 0 aliphatic carbocycles. The van der Waals surface area contributed by atoms with Crippen LogP contribution < -0.4 is 11.2 Å². The van der Waals surface area contributed by atoms with Gasteiger partial charge in [-0.1, -0.05) is 57.8 Å². The fraction of sp³-hybridized carbons (Fsp3) is 0.762. The van der Waals surface area contributed by atoms with Crippen molar-refractivity contribution < 1.29 is 4.74 Å². The Morgan fingerprint density at radius 3 is 2.14 bits per heavy atom. The van der Waals surface area contributed by atoms with E-state index in [2.05, 4.69) is 4.98 Å². The Morgan fingerprint density at radius 2 is 1.54 bits per heavy atom. The minimum atomic E-state index is -0.274. The number of fused-ring (bicyclic) bond motifs is 1.